The summed E-state index contributed by atoms with van der Waals surface area (Å²) in [5.74, 6) is 2.72. The fourth-order valence-corrected chi connectivity index (χ4v) is 4.81. The number of piperazine rings is 1. The second-order valence-corrected chi connectivity index (χ2v) is 7.94. The van der Waals surface area contributed by atoms with Gasteiger partial charge in [0.25, 0.3) is 5.91 Å². The molecule has 1 amide bonds. The maximum Gasteiger partial charge on any atom is 0.253 e. The van der Waals surface area contributed by atoms with Crippen molar-refractivity contribution in [3.05, 3.63) is 42.1 Å². The van der Waals surface area contributed by atoms with Crippen LogP contribution in [-0.4, -0.2) is 69.6 Å². The first-order chi connectivity index (χ1) is 12.3. The molecule has 2 aliphatic rings. The maximum atomic E-state index is 12.8. The molecule has 0 unspecified atom stereocenters. The number of nitrogens with one attached hydrogen (secondary N) is 1. The number of aromatic amines is 1. The van der Waals surface area contributed by atoms with Crippen LogP contribution < -0.4 is 0 Å². The molecule has 2 aromatic rings. The second-order valence-electron chi connectivity index (χ2n) is 6.72. The van der Waals surface area contributed by atoms with Gasteiger partial charge in [-0.3, -0.25) is 14.8 Å². The van der Waals surface area contributed by atoms with Crippen molar-refractivity contribution in [3.63, 3.8) is 0 Å². The quantitative estimate of drug-likeness (QED) is 0.919. The summed E-state index contributed by atoms with van der Waals surface area (Å²) in [6.45, 7) is 3.69. The highest BCUT2D eigenvalue weighted by Crippen LogP contribution is 2.23. The fourth-order valence-electron chi connectivity index (χ4n) is 3.73. The van der Waals surface area contributed by atoms with E-state index in [-0.39, 0.29) is 5.91 Å². The maximum absolute atomic E-state index is 12.8. The predicted molar refractivity (Wildman–Crippen MR) is 102 cm³/mol. The van der Waals surface area contributed by atoms with E-state index in [1.165, 1.54) is 24.3 Å². The summed E-state index contributed by atoms with van der Waals surface area (Å²) in [5, 5.41) is 6.92. The lowest BCUT2D eigenvalue weighted by Gasteiger charge is -2.40. The van der Waals surface area contributed by atoms with Gasteiger partial charge in [-0.15, -0.1) is 0 Å². The lowest BCUT2D eigenvalue weighted by molar-refractivity contribution is 0.0559. The molecule has 2 fully saturated rings. The Morgan fingerprint density at radius 1 is 1.04 bits per heavy atom. The molecule has 5 nitrogen and oxygen atoms in total. The zero-order chi connectivity index (χ0) is 17.1. The SMILES string of the molecule is O=C(c1ccc(-c2ccn[nH]2)cc1)N1CCN(C2CCSCC2)CC1. The van der Waals surface area contributed by atoms with Gasteiger partial charge in [0.1, 0.15) is 0 Å². The Hall–Kier alpha value is -1.79. The molecule has 0 radical (unpaired) electrons. The number of amides is 1. The van der Waals surface area contributed by atoms with Crippen LogP contribution in [0, 0.1) is 0 Å². The third-order valence-electron chi connectivity index (χ3n) is 5.25. The number of thioether (sulfide) groups is 1. The summed E-state index contributed by atoms with van der Waals surface area (Å²) in [7, 11) is 0. The Kier molecular flexibility index (Phi) is 5.08. The number of benzene rings is 1. The number of H-pyrrole nitrogens is 1. The molecule has 0 saturated carbocycles. The Bertz CT molecular complexity index is 687. The van der Waals surface area contributed by atoms with E-state index < -0.39 is 0 Å². The van der Waals surface area contributed by atoms with Crippen molar-refractivity contribution in [1.29, 1.82) is 0 Å². The molecule has 2 saturated heterocycles. The monoisotopic (exact) mass is 356 g/mol. The van der Waals surface area contributed by atoms with E-state index in [0.717, 1.165) is 49.0 Å². The minimum atomic E-state index is 0.148. The lowest BCUT2D eigenvalue weighted by Crippen LogP contribution is -2.52. The largest absolute Gasteiger partial charge is 0.336 e. The van der Waals surface area contributed by atoms with Gasteiger partial charge in [-0.05, 0) is 48.1 Å². The first kappa shape index (κ1) is 16.7. The Morgan fingerprint density at radius 2 is 1.76 bits per heavy atom. The third kappa shape index (κ3) is 3.75. The van der Waals surface area contributed by atoms with Crippen LogP contribution in [0.5, 0.6) is 0 Å². The average molecular weight is 356 g/mol. The molecule has 0 atom stereocenters. The average Bonchev–Trinajstić information content (AvgIpc) is 3.23. The van der Waals surface area contributed by atoms with Gasteiger partial charge in [0.15, 0.2) is 0 Å². The summed E-state index contributed by atoms with van der Waals surface area (Å²) in [4.78, 5) is 17.4. The minimum Gasteiger partial charge on any atom is -0.336 e. The molecule has 1 N–H and O–H groups in total. The summed E-state index contributed by atoms with van der Waals surface area (Å²) < 4.78 is 0. The molecule has 0 aliphatic carbocycles. The van der Waals surface area contributed by atoms with E-state index >= 15 is 0 Å². The Labute approximate surface area is 152 Å². The van der Waals surface area contributed by atoms with E-state index in [1.807, 2.05) is 35.2 Å². The van der Waals surface area contributed by atoms with Gasteiger partial charge in [-0.25, -0.2) is 0 Å². The predicted octanol–water partition coefficient (Wildman–Crippen LogP) is 2.73. The van der Waals surface area contributed by atoms with Crippen LogP contribution >= 0.6 is 11.8 Å². The fraction of sp³-hybridized carbons (Fsp3) is 0.474. The number of aromatic nitrogens is 2. The van der Waals surface area contributed by atoms with Crippen LogP contribution in [0.2, 0.25) is 0 Å². The number of carbonyl (C=O) groups excluding carboxylic acids is 1. The molecule has 6 heteroatoms. The van der Waals surface area contributed by atoms with Gasteiger partial charge in [0, 0.05) is 44.0 Å². The topological polar surface area (TPSA) is 52.2 Å². The van der Waals surface area contributed by atoms with Crippen LogP contribution in [0.1, 0.15) is 23.2 Å². The van der Waals surface area contributed by atoms with Crippen molar-refractivity contribution in [2.24, 2.45) is 0 Å². The van der Waals surface area contributed by atoms with Crippen LogP contribution in [0.3, 0.4) is 0 Å². The van der Waals surface area contributed by atoms with Crippen molar-refractivity contribution in [2.45, 2.75) is 18.9 Å². The van der Waals surface area contributed by atoms with Crippen molar-refractivity contribution in [1.82, 2.24) is 20.0 Å². The molecular weight excluding hydrogens is 332 g/mol. The van der Waals surface area contributed by atoms with E-state index in [1.54, 1.807) is 6.20 Å². The van der Waals surface area contributed by atoms with Crippen LogP contribution in [-0.2, 0) is 0 Å². The van der Waals surface area contributed by atoms with E-state index in [4.69, 9.17) is 0 Å². The molecule has 0 bridgehead atoms. The number of hydrogen-bond acceptors (Lipinski definition) is 4. The van der Waals surface area contributed by atoms with Crippen LogP contribution in [0.25, 0.3) is 11.3 Å². The molecule has 1 aromatic heterocycles. The summed E-state index contributed by atoms with van der Waals surface area (Å²) in [6, 6.07) is 10.5. The van der Waals surface area contributed by atoms with E-state index in [2.05, 4.69) is 26.9 Å². The molecule has 4 rings (SSSR count). The van der Waals surface area contributed by atoms with Gasteiger partial charge < -0.3 is 4.90 Å². The highest BCUT2D eigenvalue weighted by molar-refractivity contribution is 7.99. The van der Waals surface area contributed by atoms with Crippen molar-refractivity contribution >= 4 is 17.7 Å². The third-order valence-corrected chi connectivity index (χ3v) is 6.30. The van der Waals surface area contributed by atoms with Gasteiger partial charge in [-0.1, -0.05) is 12.1 Å². The smallest absolute Gasteiger partial charge is 0.253 e. The van der Waals surface area contributed by atoms with Crippen molar-refractivity contribution in [3.8, 4) is 11.3 Å². The van der Waals surface area contributed by atoms with Gasteiger partial charge in [0.2, 0.25) is 0 Å². The Morgan fingerprint density at radius 3 is 2.40 bits per heavy atom. The van der Waals surface area contributed by atoms with Crippen molar-refractivity contribution < 1.29 is 4.79 Å². The van der Waals surface area contributed by atoms with Gasteiger partial charge >= 0.3 is 0 Å². The molecule has 2 aliphatic heterocycles. The number of hydrogen-bond donors (Lipinski definition) is 1. The number of nitrogens with zero attached hydrogens (tertiary/aromatic N) is 3. The van der Waals surface area contributed by atoms with E-state index in [9.17, 15) is 4.79 Å². The molecule has 3 heterocycles. The lowest BCUT2D eigenvalue weighted by atomic mass is 10.1. The van der Waals surface area contributed by atoms with Gasteiger partial charge in [0.05, 0.1) is 5.69 Å². The van der Waals surface area contributed by atoms with Crippen LogP contribution in [0.15, 0.2) is 36.5 Å². The van der Waals surface area contributed by atoms with E-state index in [0.29, 0.717) is 0 Å². The minimum absolute atomic E-state index is 0.148. The molecule has 1 aromatic carbocycles. The molecule has 25 heavy (non-hydrogen) atoms. The summed E-state index contributed by atoms with van der Waals surface area (Å²) >= 11 is 2.07. The standard InChI is InChI=1S/C19H24N4OS/c24-19(16-3-1-15(2-4-16)18-5-8-20-21-18)23-11-9-22(10-12-23)17-6-13-25-14-7-17/h1-5,8,17H,6-7,9-14H2,(H,20,21). The van der Waals surface area contributed by atoms with Crippen molar-refractivity contribution in [2.75, 3.05) is 37.7 Å². The zero-order valence-electron chi connectivity index (χ0n) is 14.4. The number of rotatable bonds is 3. The first-order valence-electron chi connectivity index (χ1n) is 9.02. The Balaban J connectivity index is 1.35. The highest BCUT2D eigenvalue weighted by Gasteiger charge is 2.27. The second kappa shape index (κ2) is 7.62. The van der Waals surface area contributed by atoms with Crippen LogP contribution in [0.4, 0.5) is 0 Å². The number of carbonyl (C=O) groups is 1. The first-order valence-corrected chi connectivity index (χ1v) is 10.2. The molecule has 0 spiro atoms. The highest BCUT2D eigenvalue weighted by atomic mass is 32.2. The molecule has 132 valence electrons. The van der Waals surface area contributed by atoms with Gasteiger partial charge in [-0.2, -0.15) is 16.9 Å². The summed E-state index contributed by atoms with van der Waals surface area (Å²) in [5.41, 5.74) is 2.79. The zero-order valence-corrected chi connectivity index (χ0v) is 15.2. The summed E-state index contributed by atoms with van der Waals surface area (Å²) in [6.07, 6.45) is 4.33. The molecular formula is C19H24N4OS. The normalized spacial score (nSPS) is 19.9.